The molecule has 1 saturated heterocycles. The van der Waals surface area contributed by atoms with Crippen LogP contribution in [0.15, 0.2) is 16.5 Å². The largest absolute Gasteiger partial charge is 0.394 e. The van der Waals surface area contributed by atoms with Crippen molar-refractivity contribution in [2.45, 2.75) is 37.1 Å². The third-order valence-electron chi connectivity index (χ3n) is 4.65. The lowest BCUT2D eigenvalue weighted by atomic mass is 10.1. The highest BCUT2D eigenvalue weighted by atomic mass is 16.6. The zero-order valence-electron chi connectivity index (χ0n) is 14.0. The highest BCUT2D eigenvalue weighted by Crippen LogP contribution is 2.35. The van der Waals surface area contributed by atoms with Crippen LogP contribution in [0, 0.1) is 0 Å². The molecular formula is C13H24N8O5. The molecule has 3 heterocycles. The lowest BCUT2D eigenvalue weighted by Gasteiger charge is -2.32. The zero-order chi connectivity index (χ0) is 19.0. The third-order valence-corrected chi connectivity index (χ3v) is 4.65. The number of hydrogen-bond donors (Lipinski definition) is 7. The molecular weight excluding hydrogens is 348 g/mol. The van der Waals surface area contributed by atoms with Gasteiger partial charge < -0.3 is 41.3 Å². The fraction of sp³-hybridized carbons (Fsp3) is 0.692. The molecule has 5 atom stereocenters. The number of primary amides is 1. The molecule has 0 aliphatic carbocycles. The second-order valence-electron chi connectivity index (χ2n) is 6.25. The summed E-state index contributed by atoms with van der Waals surface area (Å²) in [5.41, 5.74) is 14.4. The van der Waals surface area contributed by atoms with Crippen molar-refractivity contribution in [1.82, 2.24) is 20.3 Å². The second kappa shape index (κ2) is 7.32. The number of nitrogens with one attached hydrogen (secondary N) is 1. The number of carbonyl (C=O) groups is 1. The van der Waals surface area contributed by atoms with E-state index in [4.69, 9.17) is 22.0 Å². The van der Waals surface area contributed by atoms with Gasteiger partial charge >= 0.3 is 0 Å². The number of rotatable bonds is 6. The number of ether oxygens (including phenoxy) is 1. The van der Waals surface area contributed by atoms with Gasteiger partial charge in [0, 0.05) is 13.0 Å². The molecule has 3 aliphatic heterocycles. The van der Waals surface area contributed by atoms with E-state index in [-0.39, 0.29) is 19.6 Å². The average Bonchev–Trinajstić information content (AvgIpc) is 3.12. The summed E-state index contributed by atoms with van der Waals surface area (Å²) in [6.45, 7) is 0.0442. The summed E-state index contributed by atoms with van der Waals surface area (Å²) in [5, 5.41) is 31.0. The Morgan fingerprint density at radius 1 is 1.42 bits per heavy atom. The minimum atomic E-state index is -1.26. The van der Waals surface area contributed by atoms with Crippen molar-refractivity contribution in [2.75, 3.05) is 19.8 Å². The fourth-order valence-electron chi connectivity index (χ4n) is 3.28. The lowest BCUT2D eigenvalue weighted by molar-refractivity contribution is -0.118. The summed E-state index contributed by atoms with van der Waals surface area (Å²) in [6, 6.07) is 0. The van der Waals surface area contributed by atoms with Crippen molar-refractivity contribution in [2.24, 2.45) is 22.3 Å². The molecule has 3 aliphatic rings. The van der Waals surface area contributed by atoms with E-state index in [1.54, 1.807) is 9.80 Å². The van der Waals surface area contributed by atoms with Gasteiger partial charge in [0.15, 0.2) is 12.0 Å². The van der Waals surface area contributed by atoms with Gasteiger partial charge in [-0.1, -0.05) is 0 Å². The summed E-state index contributed by atoms with van der Waals surface area (Å²) in [4.78, 5) is 18.9. The predicted octanol–water partition coefficient (Wildman–Crippen LogP) is -4.95. The minimum Gasteiger partial charge on any atom is -0.394 e. The van der Waals surface area contributed by atoms with Crippen molar-refractivity contribution in [3.63, 3.8) is 0 Å². The molecule has 1 amide bonds. The molecule has 13 heteroatoms. The quantitative estimate of drug-likeness (QED) is 0.174. The fourth-order valence-corrected chi connectivity index (χ4v) is 3.28. The van der Waals surface area contributed by atoms with Crippen LogP contribution in [0.1, 0.15) is 6.42 Å². The Balaban J connectivity index is 1.88. The molecule has 26 heavy (non-hydrogen) atoms. The number of nitrogens with zero attached hydrogens (tertiary/aromatic N) is 4. The molecule has 3 unspecified atom stereocenters. The third kappa shape index (κ3) is 3.09. The van der Waals surface area contributed by atoms with Gasteiger partial charge in [-0.15, -0.1) is 0 Å². The van der Waals surface area contributed by atoms with Crippen LogP contribution in [-0.4, -0.2) is 92.9 Å². The van der Waals surface area contributed by atoms with Crippen LogP contribution < -0.4 is 22.8 Å². The summed E-state index contributed by atoms with van der Waals surface area (Å²) in [5.74, 6) is 5.38. The standard InChI is InChI=1S/C13H24N8O5/c14-7(23)1-2-19-5-20(13-10(25)9(24)6(3-22)26-13)12-8(19)11(15)21(18-16)4-17-12/h4,6,9-11,13,18,22,24-25H,1-3,5,15-16H2,(H2,14,23)/t6-,9?,10?,11?,13-/m1/s1. The van der Waals surface area contributed by atoms with E-state index >= 15 is 0 Å². The monoisotopic (exact) mass is 372 g/mol. The Kier molecular flexibility index (Phi) is 5.29. The smallest absolute Gasteiger partial charge is 0.219 e. The van der Waals surface area contributed by atoms with Crippen molar-refractivity contribution in [3.05, 3.63) is 11.5 Å². The molecule has 3 rings (SSSR count). The van der Waals surface area contributed by atoms with Gasteiger partial charge in [-0.2, -0.15) is 5.53 Å². The number of hydrazine groups is 2. The second-order valence-corrected chi connectivity index (χ2v) is 6.25. The van der Waals surface area contributed by atoms with E-state index < -0.39 is 43.2 Å². The molecule has 0 saturated carbocycles. The van der Waals surface area contributed by atoms with Gasteiger partial charge in [-0.3, -0.25) is 15.6 Å². The molecule has 1 fully saturated rings. The maximum Gasteiger partial charge on any atom is 0.219 e. The van der Waals surface area contributed by atoms with E-state index in [9.17, 15) is 20.1 Å². The molecule has 0 spiro atoms. The Hall–Kier alpha value is -2.00. The zero-order valence-corrected chi connectivity index (χ0v) is 14.0. The van der Waals surface area contributed by atoms with Crippen molar-refractivity contribution < 1.29 is 24.9 Å². The number of aliphatic imine (C=N–C) groups is 1. The van der Waals surface area contributed by atoms with E-state index in [1.165, 1.54) is 11.3 Å². The normalized spacial score (nSPS) is 34.0. The van der Waals surface area contributed by atoms with E-state index in [2.05, 4.69) is 10.5 Å². The number of nitrogens with two attached hydrogens (primary N) is 3. The van der Waals surface area contributed by atoms with E-state index in [0.717, 1.165) is 0 Å². The van der Waals surface area contributed by atoms with Gasteiger partial charge in [0.2, 0.25) is 5.91 Å². The van der Waals surface area contributed by atoms with Crippen LogP contribution in [0.2, 0.25) is 0 Å². The molecule has 0 aromatic heterocycles. The van der Waals surface area contributed by atoms with Crippen molar-refractivity contribution in [1.29, 1.82) is 0 Å². The topological polar surface area (TPSA) is 199 Å². The first-order valence-electron chi connectivity index (χ1n) is 8.10. The number of carbonyl (C=O) groups excluding carboxylic acids is 1. The van der Waals surface area contributed by atoms with Crippen LogP contribution in [0.25, 0.3) is 0 Å². The summed E-state index contributed by atoms with van der Waals surface area (Å²) in [7, 11) is 0. The van der Waals surface area contributed by atoms with Gasteiger partial charge in [0.05, 0.1) is 19.0 Å². The Morgan fingerprint density at radius 3 is 2.73 bits per heavy atom. The Labute approximate surface area is 149 Å². The van der Waals surface area contributed by atoms with Crippen molar-refractivity contribution >= 4 is 12.2 Å². The average molecular weight is 372 g/mol. The van der Waals surface area contributed by atoms with Crippen LogP contribution in [-0.2, 0) is 9.53 Å². The number of hydrogen-bond acceptors (Lipinski definition) is 12. The molecule has 0 radical (unpaired) electrons. The molecule has 10 N–H and O–H groups in total. The van der Waals surface area contributed by atoms with E-state index in [1.807, 2.05) is 0 Å². The highest BCUT2D eigenvalue weighted by Gasteiger charge is 2.49. The molecule has 13 nitrogen and oxygen atoms in total. The summed E-state index contributed by atoms with van der Waals surface area (Å²) in [6.07, 6.45) is -3.58. The van der Waals surface area contributed by atoms with Crippen LogP contribution in [0.4, 0.5) is 0 Å². The van der Waals surface area contributed by atoms with Gasteiger partial charge in [0.1, 0.15) is 30.8 Å². The maximum atomic E-state index is 11.2. The first-order chi connectivity index (χ1) is 12.4. The lowest BCUT2D eigenvalue weighted by Crippen LogP contribution is -2.56. The first kappa shape index (κ1) is 18.8. The summed E-state index contributed by atoms with van der Waals surface area (Å²) >= 11 is 0. The maximum absolute atomic E-state index is 11.2. The predicted molar refractivity (Wildman–Crippen MR) is 87.6 cm³/mol. The Morgan fingerprint density at radius 2 is 2.15 bits per heavy atom. The van der Waals surface area contributed by atoms with Gasteiger partial charge in [-0.05, 0) is 0 Å². The highest BCUT2D eigenvalue weighted by molar-refractivity contribution is 5.74. The SMILES string of the molecule is NNN1C=NC2=C(C1N)N(CCC(N)=O)CN2[C@@H]1O[C@H](CO)C(O)C1O. The van der Waals surface area contributed by atoms with Crippen LogP contribution in [0.5, 0.6) is 0 Å². The van der Waals surface area contributed by atoms with Crippen LogP contribution in [0.3, 0.4) is 0 Å². The minimum absolute atomic E-state index is 0.0904. The number of aliphatic hydroxyl groups excluding tert-OH is 3. The Bertz CT molecular complexity index is 615. The molecule has 0 bridgehead atoms. The summed E-state index contributed by atoms with van der Waals surface area (Å²) < 4.78 is 5.59. The molecule has 0 aromatic carbocycles. The first-order valence-corrected chi connectivity index (χ1v) is 8.10. The van der Waals surface area contributed by atoms with Gasteiger partial charge in [-0.25, -0.2) is 4.99 Å². The number of aliphatic hydroxyl groups is 3. The van der Waals surface area contributed by atoms with Crippen molar-refractivity contribution in [3.8, 4) is 0 Å². The molecule has 0 aromatic rings. The van der Waals surface area contributed by atoms with E-state index in [0.29, 0.717) is 11.5 Å². The van der Waals surface area contributed by atoms with Gasteiger partial charge in [0.25, 0.3) is 0 Å². The molecule has 146 valence electrons. The van der Waals surface area contributed by atoms with Crippen LogP contribution >= 0.6 is 0 Å². The number of amides is 1.